The molecule has 13 rings (SSSR count). The normalized spacial score (nSPS) is 12.0. The van der Waals surface area contributed by atoms with Crippen molar-refractivity contribution in [2.75, 3.05) is 0 Å². The SMILES string of the molecule is c1ccc(-c2cc(-c3ccccc3)cc(-n3c4ccccc4c4cc(-c5cc6c7c(c5)c5ccccc5n7-c5cc7ccccc7cc5-c5ccccc5-6)ccc43)c2)cc1. The van der Waals surface area contributed by atoms with Crippen LogP contribution in [0, 0.1) is 0 Å². The fraction of sp³-hybridized carbons (Fsp3) is 0. The van der Waals surface area contributed by atoms with E-state index in [1.807, 2.05) is 0 Å². The summed E-state index contributed by atoms with van der Waals surface area (Å²) >= 11 is 0. The first-order valence-electron chi connectivity index (χ1n) is 20.8. The number of benzene rings is 10. The van der Waals surface area contributed by atoms with Crippen molar-refractivity contribution in [1.29, 1.82) is 0 Å². The molecule has 278 valence electrons. The van der Waals surface area contributed by atoms with E-state index in [0.717, 1.165) is 5.69 Å². The number of fused-ring (bicyclic) bond motifs is 12. The second kappa shape index (κ2) is 12.8. The van der Waals surface area contributed by atoms with Crippen LogP contribution in [0.5, 0.6) is 0 Å². The zero-order valence-electron chi connectivity index (χ0n) is 32.7. The third-order valence-electron chi connectivity index (χ3n) is 12.8. The molecule has 10 aromatic carbocycles. The van der Waals surface area contributed by atoms with E-state index in [9.17, 15) is 0 Å². The van der Waals surface area contributed by atoms with Crippen LogP contribution in [0.25, 0.3) is 121 Å². The van der Waals surface area contributed by atoms with Crippen molar-refractivity contribution >= 4 is 54.4 Å². The summed E-state index contributed by atoms with van der Waals surface area (Å²) in [6.45, 7) is 0. The minimum absolute atomic E-state index is 1.15. The van der Waals surface area contributed by atoms with Gasteiger partial charge in [0.2, 0.25) is 0 Å². The first-order chi connectivity index (χ1) is 29.7. The summed E-state index contributed by atoms with van der Waals surface area (Å²) in [6, 6.07) is 80.7. The fourth-order valence-electron chi connectivity index (χ4n) is 10.1. The third-order valence-corrected chi connectivity index (χ3v) is 12.8. The topological polar surface area (TPSA) is 9.86 Å². The van der Waals surface area contributed by atoms with Gasteiger partial charge in [-0.2, -0.15) is 0 Å². The number of hydrogen-bond acceptors (Lipinski definition) is 0. The second-order valence-electron chi connectivity index (χ2n) is 16.1. The van der Waals surface area contributed by atoms with E-state index >= 15 is 0 Å². The quantitative estimate of drug-likeness (QED) is 0.169. The van der Waals surface area contributed by atoms with E-state index in [0.29, 0.717) is 0 Å². The van der Waals surface area contributed by atoms with Gasteiger partial charge in [0.05, 0.1) is 27.8 Å². The highest BCUT2D eigenvalue weighted by Gasteiger charge is 2.26. The first kappa shape index (κ1) is 33.1. The molecule has 0 bridgehead atoms. The lowest BCUT2D eigenvalue weighted by atomic mass is 9.90. The predicted molar refractivity (Wildman–Crippen MR) is 253 cm³/mol. The Morgan fingerprint density at radius 3 is 1.47 bits per heavy atom. The van der Waals surface area contributed by atoms with Gasteiger partial charge >= 0.3 is 0 Å². The van der Waals surface area contributed by atoms with Crippen molar-refractivity contribution in [2.45, 2.75) is 0 Å². The molecule has 1 aliphatic heterocycles. The predicted octanol–water partition coefficient (Wildman–Crippen LogP) is 15.7. The van der Waals surface area contributed by atoms with Crippen LogP contribution in [0.15, 0.2) is 218 Å². The first-order valence-corrected chi connectivity index (χ1v) is 20.8. The minimum atomic E-state index is 1.15. The molecule has 0 saturated carbocycles. The number of para-hydroxylation sites is 2. The highest BCUT2D eigenvalue weighted by atomic mass is 15.0. The number of aromatic nitrogens is 2. The molecule has 0 radical (unpaired) electrons. The molecule has 2 heteroatoms. The Labute approximate surface area is 347 Å². The van der Waals surface area contributed by atoms with Crippen LogP contribution in [0.3, 0.4) is 0 Å². The van der Waals surface area contributed by atoms with Gasteiger partial charge in [-0.3, -0.25) is 0 Å². The summed E-state index contributed by atoms with van der Waals surface area (Å²) in [7, 11) is 0. The average Bonchev–Trinajstić information content (AvgIpc) is 3.80. The summed E-state index contributed by atoms with van der Waals surface area (Å²) in [5.41, 5.74) is 19.5. The molecular formula is C58H36N2. The highest BCUT2D eigenvalue weighted by molar-refractivity contribution is 6.19. The van der Waals surface area contributed by atoms with Gasteiger partial charge in [-0.1, -0.05) is 152 Å². The van der Waals surface area contributed by atoms with Gasteiger partial charge in [-0.05, 0) is 122 Å². The van der Waals surface area contributed by atoms with E-state index < -0.39 is 0 Å². The zero-order chi connectivity index (χ0) is 39.3. The maximum Gasteiger partial charge on any atom is 0.0620 e. The lowest BCUT2D eigenvalue weighted by Gasteiger charge is -2.14. The van der Waals surface area contributed by atoms with Gasteiger partial charge in [0, 0.05) is 38.4 Å². The molecule has 12 aromatic rings. The smallest absolute Gasteiger partial charge is 0.0620 e. The molecule has 1 aliphatic rings. The monoisotopic (exact) mass is 760 g/mol. The molecule has 0 fully saturated rings. The Kier molecular flexibility index (Phi) is 7.05. The number of rotatable bonds is 4. The average molecular weight is 761 g/mol. The number of hydrogen-bond donors (Lipinski definition) is 0. The van der Waals surface area contributed by atoms with Crippen LogP contribution in [0.1, 0.15) is 0 Å². The van der Waals surface area contributed by atoms with E-state index in [2.05, 4.69) is 228 Å². The lowest BCUT2D eigenvalue weighted by molar-refractivity contribution is 1.18. The van der Waals surface area contributed by atoms with E-state index in [-0.39, 0.29) is 0 Å². The molecule has 60 heavy (non-hydrogen) atoms. The lowest BCUT2D eigenvalue weighted by Crippen LogP contribution is -1.96. The summed E-state index contributed by atoms with van der Waals surface area (Å²) in [5.74, 6) is 0. The van der Waals surface area contributed by atoms with Crippen LogP contribution in [-0.2, 0) is 0 Å². The maximum absolute atomic E-state index is 2.52. The molecule has 0 atom stereocenters. The van der Waals surface area contributed by atoms with Crippen LogP contribution in [-0.4, -0.2) is 9.13 Å². The molecule has 3 heterocycles. The van der Waals surface area contributed by atoms with Gasteiger partial charge in [-0.15, -0.1) is 0 Å². The second-order valence-corrected chi connectivity index (χ2v) is 16.1. The Balaban J connectivity index is 1.06. The van der Waals surface area contributed by atoms with Crippen molar-refractivity contribution in [1.82, 2.24) is 9.13 Å². The van der Waals surface area contributed by atoms with Gasteiger partial charge < -0.3 is 9.13 Å². The van der Waals surface area contributed by atoms with Crippen molar-refractivity contribution in [2.24, 2.45) is 0 Å². The molecule has 0 aliphatic carbocycles. The number of nitrogens with zero attached hydrogens (tertiary/aromatic N) is 2. The molecule has 2 nitrogen and oxygen atoms in total. The van der Waals surface area contributed by atoms with E-state index in [1.165, 1.54) is 116 Å². The van der Waals surface area contributed by atoms with E-state index in [4.69, 9.17) is 0 Å². The molecule has 0 saturated heterocycles. The largest absolute Gasteiger partial charge is 0.309 e. The fourth-order valence-corrected chi connectivity index (χ4v) is 10.1. The van der Waals surface area contributed by atoms with E-state index in [1.54, 1.807) is 0 Å². The molecular weight excluding hydrogens is 725 g/mol. The Morgan fingerprint density at radius 1 is 0.250 bits per heavy atom. The minimum Gasteiger partial charge on any atom is -0.309 e. The molecule has 0 N–H and O–H groups in total. The maximum atomic E-state index is 2.52. The van der Waals surface area contributed by atoms with Gasteiger partial charge in [-0.25, -0.2) is 0 Å². The Morgan fingerprint density at radius 2 is 0.767 bits per heavy atom. The van der Waals surface area contributed by atoms with Gasteiger partial charge in [0.15, 0.2) is 0 Å². The summed E-state index contributed by atoms with van der Waals surface area (Å²) in [5, 5.41) is 7.50. The molecule has 2 aromatic heterocycles. The zero-order valence-corrected chi connectivity index (χ0v) is 32.7. The molecule has 0 spiro atoms. The van der Waals surface area contributed by atoms with Crippen molar-refractivity contribution in [3.63, 3.8) is 0 Å². The van der Waals surface area contributed by atoms with Crippen LogP contribution >= 0.6 is 0 Å². The Bertz CT molecular complexity index is 3640. The third kappa shape index (κ3) is 4.88. The summed E-state index contributed by atoms with van der Waals surface area (Å²) in [4.78, 5) is 0. The Hall–Kier alpha value is -7.94. The standard InChI is InChI=1S/C58H36N2/c1-3-15-37(16-4-1)42-29-43(38-17-5-2-6-18-38)31-45(30-42)59-54-25-13-11-23-48(54)51-33-41(27-28-56(51)59)44-34-52-47-22-10-9-21-46(47)50-32-39-19-7-8-20-40(39)36-57(50)60-55-26-14-12-24-49(55)53(35-44)58(52)60/h1-36H. The van der Waals surface area contributed by atoms with Crippen LogP contribution < -0.4 is 0 Å². The van der Waals surface area contributed by atoms with Gasteiger partial charge in [0.25, 0.3) is 0 Å². The van der Waals surface area contributed by atoms with Crippen molar-refractivity contribution in [3.05, 3.63) is 218 Å². The van der Waals surface area contributed by atoms with Crippen molar-refractivity contribution < 1.29 is 0 Å². The summed E-state index contributed by atoms with van der Waals surface area (Å²) < 4.78 is 4.98. The van der Waals surface area contributed by atoms with Crippen LogP contribution in [0.2, 0.25) is 0 Å². The van der Waals surface area contributed by atoms with Crippen LogP contribution in [0.4, 0.5) is 0 Å². The molecule has 0 amide bonds. The highest BCUT2D eigenvalue weighted by Crippen LogP contribution is 2.49. The molecule has 0 unspecified atom stereocenters. The van der Waals surface area contributed by atoms with Gasteiger partial charge in [0.1, 0.15) is 0 Å². The van der Waals surface area contributed by atoms with Crippen molar-refractivity contribution in [3.8, 4) is 67.0 Å². The summed E-state index contributed by atoms with van der Waals surface area (Å²) in [6.07, 6.45) is 0.